The molecule has 0 saturated carbocycles. The lowest BCUT2D eigenvalue weighted by Crippen LogP contribution is -2.24. The van der Waals surface area contributed by atoms with Crippen molar-refractivity contribution in [2.45, 2.75) is 11.6 Å². The van der Waals surface area contributed by atoms with Crippen LogP contribution in [0.5, 0.6) is 0 Å². The second-order valence-corrected chi connectivity index (χ2v) is 5.56. The number of hydrogen-bond acceptors (Lipinski definition) is 4. The molecule has 2 aromatic rings. The Morgan fingerprint density at radius 3 is 2.81 bits per heavy atom. The van der Waals surface area contributed by atoms with E-state index in [0.29, 0.717) is 22.2 Å². The lowest BCUT2D eigenvalue weighted by molar-refractivity contribution is -0.118. The van der Waals surface area contributed by atoms with Crippen molar-refractivity contribution in [2.75, 3.05) is 5.75 Å². The van der Waals surface area contributed by atoms with Crippen molar-refractivity contribution >= 4 is 29.3 Å². The van der Waals surface area contributed by atoms with Crippen LogP contribution in [0.4, 0.5) is 0 Å². The van der Waals surface area contributed by atoms with Crippen molar-refractivity contribution in [3.63, 3.8) is 0 Å². The van der Waals surface area contributed by atoms with Crippen LogP contribution in [0.1, 0.15) is 11.1 Å². The summed E-state index contributed by atoms with van der Waals surface area (Å²) in [7, 11) is 0. The molecular formula is C15H12ClN3OS. The molecule has 0 aliphatic carbocycles. The Kier molecular flexibility index (Phi) is 5.61. The van der Waals surface area contributed by atoms with Crippen LogP contribution in [-0.2, 0) is 11.3 Å². The van der Waals surface area contributed by atoms with E-state index in [9.17, 15) is 4.79 Å². The number of carbonyl (C=O) groups is 1. The Morgan fingerprint density at radius 2 is 2.10 bits per heavy atom. The number of pyridine rings is 1. The number of benzene rings is 1. The standard InChI is InChI=1S/C15H12ClN3OS/c16-13-5-3-11(4-6-13)9-19-14(20)10-21-15-12(8-17)2-1-7-18-15/h1-7H,9-10H2,(H,19,20). The number of nitrogens with zero attached hydrogens (tertiary/aromatic N) is 2. The molecule has 0 atom stereocenters. The second kappa shape index (κ2) is 7.67. The van der Waals surface area contributed by atoms with Crippen LogP contribution >= 0.6 is 23.4 Å². The molecule has 1 N–H and O–H groups in total. The number of amides is 1. The van der Waals surface area contributed by atoms with Gasteiger partial charge in [0.25, 0.3) is 0 Å². The minimum atomic E-state index is -0.107. The Bertz CT molecular complexity index is 667. The Labute approximate surface area is 132 Å². The van der Waals surface area contributed by atoms with E-state index in [2.05, 4.69) is 16.4 Å². The summed E-state index contributed by atoms with van der Waals surface area (Å²) in [4.78, 5) is 15.9. The number of aromatic nitrogens is 1. The van der Waals surface area contributed by atoms with Crippen LogP contribution in [0, 0.1) is 11.3 Å². The molecule has 1 aromatic carbocycles. The Morgan fingerprint density at radius 1 is 1.33 bits per heavy atom. The quantitative estimate of drug-likeness (QED) is 0.861. The zero-order valence-electron chi connectivity index (χ0n) is 11.0. The van der Waals surface area contributed by atoms with E-state index in [1.54, 1.807) is 30.5 Å². The molecule has 0 unspecified atom stereocenters. The summed E-state index contributed by atoms with van der Waals surface area (Å²) in [5, 5.41) is 13.0. The van der Waals surface area contributed by atoms with Crippen LogP contribution in [0.3, 0.4) is 0 Å². The van der Waals surface area contributed by atoms with Crippen molar-refractivity contribution in [2.24, 2.45) is 0 Å². The van der Waals surface area contributed by atoms with Crippen LogP contribution in [0.2, 0.25) is 5.02 Å². The molecule has 0 saturated heterocycles. The molecule has 1 aromatic heterocycles. The lowest BCUT2D eigenvalue weighted by Gasteiger charge is -2.06. The minimum absolute atomic E-state index is 0.107. The van der Waals surface area contributed by atoms with Crippen molar-refractivity contribution in [1.82, 2.24) is 10.3 Å². The van der Waals surface area contributed by atoms with Gasteiger partial charge in [0.15, 0.2) is 0 Å². The molecule has 0 aliphatic rings. The predicted octanol–water partition coefficient (Wildman–Crippen LogP) is 3.02. The zero-order valence-corrected chi connectivity index (χ0v) is 12.6. The smallest absolute Gasteiger partial charge is 0.230 e. The monoisotopic (exact) mass is 317 g/mol. The van der Waals surface area contributed by atoms with Gasteiger partial charge in [-0.05, 0) is 29.8 Å². The Balaban J connectivity index is 1.82. The minimum Gasteiger partial charge on any atom is -0.351 e. The fourth-order valence-electron chi connectivity index (χ4n) is 1.58. The number of thioether (sulfide) groups is 1. The van der Waals surface area contributed by atoms with Gasteiger partial charge < -0.3 is 5.32 Å². The maximum Gasteiger partial charge on any atom is 0.230 e. The van der Waals surface area contributed by atoms with E-state index in [-0.39, 0.29) is 11.7 Å². The van der Waals surface area contributed by atoms with E-state index in [1.165, 1.54) is 11.8 Å². The van der Waals surface area contributed by atoms with E-state index >= 15 is 0 Å². The summed E-state index contributed by atoms with van der Waals surface area (Å²) in [5.41, 5.74) is 1.46. The number of nitrogens with one attached hydrogen (secondary N) is 1. The van der Waals surface area contributed by atoms with Crippen LogP contribution in [-0.4, -0.2) is 16.6 Å². The topological polar surface area (TPSA) is 65.8 Å². The van der Waals surface area contributed by atoms with Crippen molar-refractivity contribution in [3.05, 3.63) is 58.7 Å². The SMILES string of the molecule is N#Cc1cccnc1SCC(=O)NCc1ccc(Cl)cc1. The third-order valence-corrected chi connectivity index (χ3v) is 3.89. The van der Waals surface area contributed by atoms with E-state index in [4.69, 9.17) is 16.9 Å². The number of carbonyl (C=O) groups excluding carboxylic acids is 1. The molecule has 4 nitrogen and oxygen atoms in total. The molecular weight excluding hydrogens is 306 g/mol. The normalized spacial score (nSPS) is 9.90. The lowest BCUT2D eigenvalue weighted by atomic mass is 10.2. The second-order valence-electron chi connectivity index (χ2n) is 4.16. The first-order valence-corrected chi connectivity index (χ1v) is 7.54. The molecule has 6 heteroatoms. The maximum absolute atomic E-state index is 11.8. The van der Waals surface area contributed by atoms with Crippen LogP contribution in [0.15, 0.2) is 47.6 Å². The van der Waals surface area contributed by atoms with Gasteiger partial charge in [0.2, 0.25) is 5.91 Å². The fourth-order valence-corrected chi connectivity index (χ4v) is 2.48. The maximum atomic E-state index is 11.8. The first kappa shape index (κ1) is 15.4. The number of rotatable bonds is 5. The summed E-state index contributed by atoms with van der Waals surface area (Å²) < 4.78 is 0. The third-order valence-electron chi connectivity index (χ3n) is 2.63. The van der Waals surface area contributed by atoms with Gasteiger partial charge in [0.05, 0.1) is 11.3 Å². The molecule has 0 radical (unpaired) electrons. The predicted molar refractivity (Wildman–Crippen MR) is 83.0 cm³/mol. The van der Waals surface area contributed by atoms with Gasteiger partial charge in [-0.1, -0.05) is 35.5 Å². The van der Waals surface area contributed by atoms with Gasteiger partial charge in [0.1, 0.15) is 11.1 Å². The van der Waals surface area contributed by atoms with Crippen molar-refractivity contribution in [3.8, 4) is 6.07 Å². The first-order chi connectivity index (χ1) is 10.2. The highest BCUT2D eigenvalue weighted by atomic mass is 35.5. The highest BCUT2D eigenvalue weighted by Gasteiger charge is 2.07. The molecule has 1 heterocycles. The zero-order chi connectivity index (χ0) is 15.1. The highest BCUT2D eigenvalue weighted by molar-refractivity contribution is 7.99. The van der Waals surface area contributed by atoms with Crippen molar-refractivity contribution in [1.29, 1.82) is 5.26 Å². The summed E-state index contributed by atoms with van der Waals surface area (Å²) in [6.07, 6.45) is 1.61. The van der Waals surface area contributed by atoms with Gasteiger partial charge in [-0.2, -0.15) is 5.26 Å². The summed E-state index contributed by atoms with van der Waals surface area (Å²) in [6, 6.07) is 12.7. The average Bonchev–Trinajstić information content (AvgIpc) is 2.52. The van der Waals surface area contributed by atoms with Gasteiger partial charge in [0, 0.05) is 17.8 Å². The third kappa shape index (κ3) is 4.78. The largest absolute Gasteiger partial charge is 0.351 e. The molecule has 0 fully saturated rings. The fraction of sp³-hybridized carbons (Fsp3) is 0.133. The Hall–Kier alpha value is -2.03. The molecule has 106 valence electrons. The summed E-state index contributed by atoms with van der Waals surface area (Å²) >= 11 is 7.05. The number of hydrogen-bond donors (Lipinski definition) is 1. The van der Waals surface area contributed by atoms with Crippen LogP contribution in [0.25, 0.3) is 0 Å². The first-order valence-electron chi connectivity index (χ1n) is 6.18. The summed E-state index contributed by atoms with van der Waals surface area (Å²) in [5.74, 6) is 0.115. The van der Waals surface area contributed by atoms with Gasteiger partial charge >= 0.3 is 0 Å². The van der Waals surface area contributed by atoms with Gasteiger partial charge in [-0.15, -0.1) is 0 Å². The highest BCUT2D eigenvalue weighted by Crippen LogP contribution is 2.18. The number of halogens is 1. The van der Waals surface area contributed by atoms with E-state index in [0.717, 1.165) is 5.56 Å². The van der Waals surface area contributed by atoms with Crippen LogP contribution < -0.4 is 5.32 Å². The average molecular weight is 318 g/mol. The molecule has 1 amide bonds. The van der Waals surface area contributed by atoms with Gasteiger partial charge in [-0.25, -0.2) is 4.98 Å². The van der Waals surface area contributed by atoms with E-state index < -0.39 is 0 Å². The molecule has 0 aliphatic heterocycles. The molecule has 2 rings (SSSR count). The molecule has 21 heavy (non-hydrogen) atoms. The van der Waals surface area contributed by atoms with E-state index in [1.807, 2.05) is 12.1 Å². The molecule has 0 spiro atoms. The summed E-state index contributed by atoms with van der Waals surface area (Å²) in [6.45, 7) is 0.448. The van der Waals surface area contributed by atoms with Crippen molar-refractivity contribution < 1.29 is 4.79 Å². The molecule has 0 bridgehead atoms. The van der Waals surface area contributed by atoms with Gasteiger partial charge in [-0.3, -0.25) is 4.79 Å². The number of nitriles is 1.